The third-order valence-electron chi connectivity index (χ3n) is 5.16. The van der Waals surface area contributed by atoms with Crippen molar-refractivity contribution in [2.24, 2.45) is 5.92 Å². The maximum absolute atomic E-state index is 12.9. The number of carbonyl (C=O) groups is 1. The van der Waals surface area contributed by atoms with Crippen LogP contribution in [-0.4, -0.2) is 60.8 Å². The van der Waals surface area contributed by atoms with E-state index >= 15 is 0 Å². The summed E-state index contributed by atoms with van der Waals surface area (Å²) in [6.07, 6.45) is -5.10. The Morgan fingerprint density at radius 3 is 2.40 bits per heavy atom. The fourth-order valence-electron chi connectivity index (χ4n) is 3.41. The highest BCUT2D eigenvalue weighted by molar-refractivity contribution is 7.89. The Labute approximate surface area is 172 Å². The maximum Gasteiger partial charge on any atom is 0.390 e. The molecule has 1 amide bonds. The Morgan fingerprint density at radius 2 is 1.90 bits per heavy atom. The van der Waals surface area contributed by atoms with Crippen molar-refractivity contribution in [1.82, 2.24) is 9.21 Å². The van der Waals surface area contributed by atoms with Gasteiger partial charge in [0.1, 0.15) is 0 Å². The van der Waals surface area contributed by atoms with Crippen molar-refractivity contribution >= 4 is 21.6 Å². The smallest absolute Gasteiger partial charge is 0.342 e. The summed E-state index contributed by atoms with van der Waals surface area (Å²) in [4.78, 5) is 23.8. The van der Waals surface area contributed by atoms with Crippen LogP contribution in [0, 0.1) is 23.0 Å². The number of sulfonamides is 1. The van der Waals surface area contributed by atoms with Crippen molar-refractivity contribution < 1.29 is 31.3 Å². The topological polar surface area (TPSA) is 101 Å². The van der Waals surface area contributed by atoms with Gasteiger partial charge in [-0.15, -0.1) is 0 Å². The van der Waals surface area contributed by atoms with Crippen molar-refractivity contribution in [2.45, 2.75) is 44.2 Å². The zero-order valence-electron chi connectivity index (χ0n) is 16.7. The number of nitrogens with zero attached hydrogens (tertiary/aromatic N) is 3. The molecule has 1 aromatic carbocycles. The average molecular weight is 451 g/mol. The molecule has 0 radical (unpaired) electrons. The summed E-state index contributed by atoms with van der Waals surface area (Å²) < 4.78 is 64.4. The number of alkyl halides is 3. The fraction of sp³-hybridized carbons (Fsp3) is 0.611. The second kappa shape index (κ2) is 9.29. The summed E-state index contributed by atoms with van der Waals surface area (Å²) >= 11 is 0. The summed E-state index contributed by atoms with van der Waals surface area (Å²) in [6.45, 7) is 2.87. The number of halogens is 3. The van der Waals surface area contributed by atoms with E-state index in [1.165, 1.54) is 19.1 Å². The molecule has 0 bridgehead atoms. The van der Waals surface area contributed by atoms with Gasteiger partial charge in [0, 0.05) is 44.2 Å². The minimum atomic E-state index is -4.36. The molecule has 1 heterocycles. The van der Waals surface area contributed by atoms with Crippen LogP contribution in [0.4, 0.5) is 18.9 Å². The van der Waals surface area contributed by atoms with E-state index in [1.54, 1.807) is 6.92 Å². The van der Waals surface area contributed by atoms with Gasteiger partial charge in [-0.1, -0.05) is 6.07 Å². The number of nitro groups is 1. The van der Waals surface area contributed by atoms with E-state index in [0.29, 0.717) is 5.56 Å². The van der Waals surface area contributed by atoms with Gasteiger partial charge in [-0.3, -0.25) is 14.9 Å². The number of non-ortho nitro benzene ring substituents is 1. The lowest BCUT2D eigenvalue weighted by Gasteiger charge is -2.33. The number of aryl methyl sites for hydroxylation is 1. The molecule has 168 valence electrons. The second-order valence-corrected chi connectivity index (χ2v) is 9.07. The normalized spacial score (nSPS) is 16.4. The number of nitro benzene ring substituents is 1. The molecule has 8 nitrogen and oxygen atoms in total. The number of rotatable bonds is 7. The molecule has 0 unspecified atom stereocenters. The van der Waals surface area contributed by atoms with E-state index in [9.17, 15) is 36.5 Å². The van der Waals surface area contributed by atoms with E-state index in [2.05, 4.69) is 0 Å². The first-order chi connectivity index (χ1) is 13.9. The Kier molecular flexibility index (Phi) is 7.45. The molecule has 0 aliphatic carbocycles. The van der Waals surface area contributed by atoms with Gasteiger partial charge in [-0.2, -0.15) is 17.5 Å². The molecule has 0 aromatic heterocycles. The van der Waals surface area contributed by atoms with Crippen LogP contribution in [-0.2, 0) is 14.8 Å². The van der Waals surface area contributed by atoms with Crippen molar-refractivity contribution in [2.75, 3.05) is 26.2 Å². The maximum atomic E-state index is 12.9. The van der Waals surface area contributed by atoms with E-state index in [-0.39, 0.29) is 43.1 Å². The predicted molar refractivity (Wildman–Crippen MR) is 102 cm³/mol. The number of amides is 1. The number of hydrogen-bond acceptors (Lipinski definition) is 5. The predicted octanol–water partition coefficient (Wildman–Crippen LogP) is 3.10. The van der Waals surface area contributed by atoms with Crippen LogP contribution in [0.3, 0.4) is 0 Å². The lowest BCUT2D eigenvalue weighted by atomic mass is 9.96. The van der Waals surface area contributed by atoms with Gasteiger partial charge in [0.25, 0.3) is 5.69 Å². The van der Waals surface area contributed by atoms with Crippen LogP contribution in [0.25, 0.3) is 0 Å². The second-order valence-electron chi connectivity index (χ2n) is 7.17. The highest BCUT2D eigenvalue weighted by Crippen LogP contribution is 2.29. The van der Waals surface area contributed by atoms with Gasteiger partial charge in [0.15, 0.2) is 0 Å². The van der Waals surface area contributed by atoms with Gasteiger partial charge in [-0.05, 0) is 32.3 Å². The van der Waals surface area contributed by atoms with Gasteiger partial charge in [0.05, 0.1) is 16.2 Å². The molecule has 1 aromatic rings. The first-order valence-electron chi connectivity index (χ1n) is 9.47. The van der Waals surface area contributed by atoms with E-state index in [4.69, 9.17) is 0 Å². The Balaban J connectivity index is 2.08. The molecule has 1 aliphatic heterocycles. The van der Waals surface area contributed by atoms with Crippen LogP contribution in [0.5, 0.6) is 0 Å². The summed E-state index contributed by atoms with van der Waals surface area (Å²) in [5.74, 6) is -0.971. The minimum absolute atomic E-state index is 0.0116. The molecule has 0 N–H and O–H groups in total. The highest BCUT2D eigenvalue weighted by atomic mass is 32.2. The quantitative estimate of drug-likeness (QED) is 0.468. The fourth-order valence-corrected chi connectivity index (χ4v) is 5.12. The lowest BCUT2D eigenvalue weighted by Crippen LogP contribution is -2.45. The SMILES string of the molecule is CCN(CCC(F)(F)F)C(=O)C1CCN(S(=O)(=O)c2cc([N+](=O)[O-])ccc2C)CC1. The molecule has 30 heavy (non-hydrogen) atoms. The van der Waals surface area contributed by atoms with Crippen molar-refractivity contribution in [3.8, 4) is 0 Å². The number of hydrogen-bond donors (Lipinski definition) is 0. The Hall–Kier alpha value is -2.21. The van der Waals surface area contributed by atoms with Crippen LogP contribution in [0.2, 0.25) is 0 Å². The molecule has 1 saturated heterocycles. The zero-order valence-corrected chi connectivity index (χ0v) is 17.5. The van der Waals surface area contributed by atoms with Crippen LogP contribution in [0.1, 0.15) is 31.7 Å². The van der Waals surface area contributed by atoms with Crippen LogP contribution < -0.4 is 0 Å². The molecule has 12 heteroatoms. The molecule has 1 aliphatic rings. The lowest BCUT2D eigenvalue weighted by molar-refractivity contribution is -0.385. The number of carbonyl (C=O) groups excluding carboxylic acids is 1. The summed E-state index contributed by atoms with van der Waals surface area (Å²) in [6, 6.07) is 3.60. The van der Waals surface area contributed by atoms with E-state index in [1.807, 2.05) is 0 Å². The van der Waals surface area contributed by atoms with Crippen molar-refractivity contribution in [1.29, 1.82) is 0 Å². The third kappa shape index (κ3) is 5.69. The van der Waals surface area contributed by atoms with Gasteiger partial charge >= 0.3 is 6.18 Å². The molecule has 0 spiro atoms. The van der Waals surface area contributed by atoms with Gasteiger partial charge < -0.3 is 4.90 Å². The standard InChI is InChI=1S/C18H24F3N3O5S/c1-3-22(11-8-18(19,20)21)17(25)14-6-9-23(10-7-14)30(28,29)16-12-15(24(26)27)5-4-13(16)2/h4-5,12,14H,3,6-11H2,1-2H3. The Morgan fingerprint density at radius 1 is 1.30 bits per heavy atom. The van der Waals surface area contributed by atoms with Gasteiger partial charge in [-0.25, -0.2) is 8.42 Å². The molecule has 0 saturated carbocycles. The average Bonchev–Trinajstić information content (AvgIpc) is 2.67. The van der Waals surface area contributed by atoms with E-state index < -0.39 is 45.9 Å². The largest absolute Gasteiger partial charge is 0.390 e. The molecule has 2 rings (SSSR count). The molecular weight excluding hydrogens is 427 g/mol. The van der Waals surface area contributed by atoms with Crippen LogP contribution >= 0.6 is 0 Å². The monoisotopic (exact) mass is 451 g/mol. The summed E-state index contributed by atoms with van der Waals surface area (Å²) in [5.41, 5.74) is 0.0237. The number of piperidine rings is 1. The van der Waals surface area contributed by atoms with E-state index in [0.717, 1.165) is 15.3 Å². The number of benzene rings is 1. The third-order valence-corrected chi connectivity index (χ3v) is 7.20. The van der Waals surface area contributed by atoms with Crippen molar-refractivity contribution in [3.63, 3.8) is 0 Å². The Bertz CT molecular complexity index is 897. The first-order valence-corrected chi connectivity index (χ1v) is 10.9. The van der Waals surface area contributed by atoms with Crippen LogP contribution in [0.15, 0.2) is 23.1 Å². The van der Waals surface area contributed by atoms with Gasteiger partial charge in [0.2, 0.25) is 15.9 Å². The highest BCUT2D eigenvalue weighted by Gasteiger charge is 2.36. The summed E-state index contributed by atoms with van der Waals surface area (Å²) in [7, 11) is -4.00. The molecule has 0 atom stereocenters. The summed E-state index contributed by atoms with van der Waals surface area (Å²) in [5, 5.41) is 11.0. The molecule has 1 fully saturated rings. The van der Waals surface area contributed by atoms with Crippen molar-refractivity contribution in [3.05, 3.63) is 33.9 Å². The zero-order chi connectivity index (χ0) is 22.7. The molecular formula is C18H24F3N3O5S. The first kappa shape index (κ1) is 24.1. The minimum Gasteiger partial charge on any atom is -0.342 e.